The van der Waals surface area contributed by atoms with Gasteiger partial charge in [0.25, 0.3) is 0 Å². The predicted octanol–water partition coefficient (Wildman–Crippen LogP) is 1.88. The number of nitrogens with one attached hydrogen (secondary N) is 1. The van der Waals surface area contributed by atoms with Gasteiger partial charge in [0.15, 0.2) is 0 Å². The van der Waals surface area contributed by atoms with Gasteiger partial charge in [-0.2, -0.15) is 0 Å². The van der Waals surface area contributed by atoms with E-state index in [0.29, 0.717) is 17.4 Å². The molecule has 2 saturated heterocycles. The van der Waals surface area contributed by atoms with Crippen molar-refractivity contribution in [3.05, 3.63) is 11.1 Å². The summed E-state index contributed by atoms with van der Waals surface area (Å²) in [6, 6.07) is 0.574. The summed E-state index contributed by atoms with van der Waals surface area (Å²) >= 11 is 6.24. The zero-order valence-electron chi connectivity index (χ0n) is 22.7. The highest BCUT2D eigenvalue weighted by Crippen LogP contribution is 2.44. The molecule has 3 aliphatic rings. The fraction of sp³-hybridized carbons (Fsp3) is 0.926. The molecule has 3 atom stereocenters. The minimum atomic E-state index is 0. The maximum Gasteiger partial charge on any atom is 0.0218 e. The number of likely N-dealkylation sites (tertiary alicyclic amines) is 2. The third kappa shape index (κ3) is 11.6. The molecule has 11 N–H and O–H groups in total. The van der Waals surface area contributed by atoms with Gasteiger partial charge >= 0.3 is 0 Å². The Morgan fingerprint density at radius 1 is 1.03 bits per heavy atom. The molecule has 2 unspecified atom stereocenters. The van der Waals surface area contributed by atoms with Crippen molar-refractivity contribution < 1.29 is 21.9 Å². The Kier molecular flexibility index (Phi) is 21.1. The van der Waals surface area contributed by atoms with Crippen LogP contribution in [0.4, 0.5) is 0 Å². The summed E-state index contributed by atoms with van der Waals surface area (Å²) in [5.41, 5.74) is 6.23. The van der Waals surface area contributed by atoms with E-state index in [9.17, 15) is 0 Å². The van der Waals surface area contributed by atoms with Gasteiger partial charge < -0.3 is 42.8 Å². The highest BCUT2D eigenvalue weighted by molar-refractivity contribution is 6.29. The second-order valence-electron chi connectivity index (χ2n) is 11.6. The molecule has 0 aromatic rings. The zero-order chi connectivity index (χ0) is 22.4. The molecule has 2 heterocycles. The molecule has 0 aromatic heterocycles. The van der Waals surface area contributed by atoms with Crippen LogP contribution in [-0.4, -0.2) is 90.1 Å². The van der Waals surface area contributed by atoms with Gasteiger partial charge in [-0.05, 0) is 93.8 Å². The Morgan fingerprint density at radius 3 is 2.14 bits per heavy atom. The molecule has 3 rings (SSSR count). The number of hydrogen-bond acceptors (Lipinski definition) is 4. The van der Waals surface area contributed by atoms with Crippen molar-refractivity contribution in [3.8, 4) is 0 Å². The molecule has 1 aliphatic carbocycles. The van der Waals surface area contributed by atoms with E-state index in [2.05, 4.69) is 48.9 Å². The minimum Gasteiger partial charge on any atom is -0.412 e. The maximum absolute atomic E-state index is 6.24. The second kappa shape index (κ2) is 18.9. The number of nitrogens with two attached hydrogens (primary N) is 1. The van der Waals surface area contributed by atoms with Crippen LogP contribution in [0.1, 0.15) is 73.6 Å². The van der Waals surface area contributed by atoms with E-state index < -0.39 is 0 Å². The third-order valence-corrected chi connectivity index (χ3v) is 8.83. The summed E-state index contributed by atoms with van der Waals surface area (Å²) in [5, 5.41) is 5.00. The van der Waals surface area contributed by atoms with E-state index >= 15 is 0 Å². The summed E-state index contributed by atoms with van der Waals surface area (Å²) in [4.78, 5) is 5.36. The van der Waals surface area contributed by atoms with Crippen LogP contribution in [0.25, 0.3) is 0 Å². The van der Waals surface area contributed by atoms with E-state index in [0.717, 1.165) is 42.3 Å². The van der Waals surface area contributed by atoms with Crippen LogP contribution < -0.4 is 11.1 Å². The Morgan fingerprint density at radius 2 is 1.64 bits per heavy atom. The summed E-state index contributed by atoms with van der Waals surface area (Å²) < 4.78 is 0. The van der Waals surface area contributed by atoms with Gasteiger partial charge in [-0.15, -0.1) is 0 Å². The summed E-state index contributed by atoms with van der Waals surface area (Å²) in [5.74, 6) is 3.06. The van der Waals surface area contributed by atoms with Gasteiger partial charge in [0.2, 0.25) is 0 Å². The number of allylic oxidation sites excluding steroid dienone is 2. The molecular weight excluding hydrogens is 480 g/mol. The SMILES string of the molecule is C.CC(C)[C@H](CN1CCC(C2CC=C(Cl)CC2)C(C)(C)C1)NCCN1CCC(CN)CC1.O.O.O.O. The first-order valence-electron chi connectivity index (χ1n) is 13.0. The van der Waals surface area contributed by atoms with Crippen molar-refractivity contribution >= 4 is 11.6 Å². The van der Waals surface area contributed by atoms with E-state index in [1.807, 2.05) is 0 Å². The molecular formula is C27H61ClN4O4. The lowest BCUT2D eigenvalue weighted by atomic mass is 9.65. The topological polar surface area (TPSA) is 171 Å². The van der Waals surface area contributed by atoms with Crippen molar-refractivity contribution in [3.63, 3.8) is 0 Å². The molecule has 0 radical (unpaired) electrons. The van der Waals surface area contributed by atoms with Crippen molar-refractivity contribution in [2.45, 2.75) is 79.7 Å². The molecule has 2 aliphatic heterocycles. The quantitative estimate of drug-likeness (QED) is 0.455. The Bertz CT molecular complexity index is 586. The lowest BCUT2D eigenvalue weighted by Crippen LogP contribution is -2.53. The molecule has 0 aromatic carbocycles. The van der Waals surface area contributed by atoms with Gasteiger partial charge in [-0.1, -0.05) is 52.8 Å². The molecule has 0 amide bonds. The second-order valence-corrected chi connectivity index (χ2v) is 12.1. The molecule has 220 valence electrons. The third-order valence-electron chi connectivity index (χ3n) is 8.49. The molecule has 9 heteroatoms. The first-order chi connectivity index (χ1) is 14.8. The number of hydrogen-bond donors (Lipinski definition) is 2. The van der Waals surface area contributed by atoms with Crippen molar-refractivity contribution in [1.29, 1.82) is 0 Å². The first kappa shape index (κ1) is 40.2. The Labute approximate surface area is 226 Å². The normalized spacial score (nSPS) is 25.7. The van der Waals surface area contributed by atoms with E-state index in [4.69, 9.17) is 17.3 Å². The van der Waals surface area contributed by atoms with Gasteiger partial charge in [0.05, 0.1) is 0 Å². The average Bonchev–Trinajstić information content (AvgIpc) is 2.74. The number of piperidine rings is 2. The standard InChI is InChI=1S/C26H49ClN4.CH4.4H2O/c1-20(2)25(29-12-16-30-13-9-21(17-28)10-14-30)18-31-15-11-24(26(3,4)19-31)22-5-7-23(27)8-6-22;;;;;/h7,20-22,24-25,29H,5-6,8-19,28H2,1-4H3;1H4;4*1H2/t22?,24?,25-;;;;;/m0...../s1. The van der Waals surface area contributed by atoms with Crippen LogP contribution in [0, 0.1) is 29.1 Å². The van der Waals surface area contributed by atoms with Crippen molar-refractivity contribution in [1.82, 2.24) is 15.1 Å². The van der Waals surface area contributed by atoms with Crippen LogP contribution in [0.3, 0.4) is 0 Å². The van der Waals surface area contributed by atoms with Gasteiger partial charge in [-0.25, -0.2) is 0 Å². The van der Waals surface area contributed by atoms with Crippen LogP contribution in [0.15, 0.2) is 11.1 Å². The van der Waals surface area contributed by atoms with Crippen LogP contribution in [-0.2, 0) is 0 Å². The average molecular weight is 541 g/mol. The highest BCUT2D eigenvalue weighted by Gasteiger charge is 2.40. The molecule has 8 nitrogen and oxygen atoms in total. The number of halogens is 1. The lowest BCUT2D eigenvalue weighted by Gasteiger charge is -2.49. The van der Waals surface area contributed by atoms with E-state index in [1.165, 1.54) is 71.4 Å². The Hall–Kier alpha value is -0.290. The molecule has 0 saturated carbocycles. The van der Waals surface area contributed by atoms with Crippen molar-refractivity contribution in [2.75, 3.05) is 52.4 Å². The predicted molar refractivity (Wildman–Crippen MR) is 156 cm³/mol. The summed E-state index contributed by atoms with van der Waals surface area (Å²) in [6.07, 6.45) is 9.73. The largest absolute Gasteiger partial charge is 0.412 e. The highest BCUT2D eigenvalue weighted by atomic mass is 35.5. The van der Waals surface area contributed by atoms with Crippen molar-refractivity contribution in [2.24, 2.45) is 34.8 Å². The van der Waals surface area contributed by atoms with Crippen LogP contribution in [0.5, 0.6) is 0 Å². The maximum atomic E-state index is 6.24. The minimum absolute atomic E-state index is 0. The van der Waals surface area contributed by atoms with E-state index in [1.54, 1.807) is 0 Å². The monoisotopic (exact) mass is 540 g/mol. The molecule has 0 bridgehead atoms. The van der Waals surface area contributed by atoms with Crippen LogP contribution in [0.2, 0.25) is 0 Å². The summed E-state index contributed by atoms with van der Waals surface area (Å²) in [6.45, 7) is 19.0. The van der Waals surface area contributed by atoms with Crippen LogP contribution >= 0.6 is 11.6 Å². The number of nitrogens with zero attached hydrogens (tertiary/aromatic N) is 2. The zero-order valence-corrected chi connectivity index (χ0v) is 23.5. The van der Waals surface area contributed by atoms with Gasteiger partial charge in [0.1, 0.15) is 0 Å². The fourth-order valence-electron chi connectivity index (χ4n) is 6.35. The molecule has 2 fully saturated rings. The smallest absolute Gasteiger partial charge is 0.0218 e. The lowest BCUT2D eigenvalue weighted by molar-refractivity contribution is 0.0117. The van der Waals surface area contributed by atoms with Gasteiger partial charge in [0, 0.05) is 37.3 Å². The number of rotatable bonds is 9. The summed E-state index contributed by atoms with van der Waals surface area (Å²) in [7, 11) is 0. The fourth-order valence-corrected chi connectivity index (χ4v) is 6.54. The molecule has 0 spiro atoms. The van der Waals surface area contributed by atoms with E-state index in [-0.39, 0.29) is 29.3 Å². The van der Waals surface area contributed by atoms with Gasteiger partial charge in [-0.3, -0.25) is 0 Å². The molecule has 36 heavy (non-hydrogen) atoms. The Balaban J connectivity index is -0.00000218. The first-order valence-corrected chi connectivity index (χ1v) is 13.4.